The number of carbonyl (C=O) groups is 1. The lowest BCUT2D eigenvalue weighted by Crippen LogP contribution is -2.24. The van der Waals surface area contributed by atoms with Crippen LogP contribution in [-0.4, -0.2) is 11.7 Å². The minimum Gasteiger partial charge on any atom is -0.305 e. The molecule has 122 valence electrons. The van der Waals surface area contributed by atoms with Gasteiger partial charge in [0.1, 0.15) is 17.3 Å². The molecule has 0 fully saturated rings. The van der Waals surface area contributed by atoms with Crippen molar-refractivity contribution in [2.45, 2.75) is 26.2 Å². The highest BCUT2D eigenvalue weighted by atomic mass is 19.1. The molecule has 0 aliphatic carbocycles. The number of aliphatic imine (C=N–C) groups is 1. The van der Waals surface area contributed by atoms with Gasteiger partial charge in [0.2, 0.25) is 0 Å². The number of nitrogens with zero attached hydrogens (tertiary/aromatic N) is 1. The van der Waals surface area contributed by atoms with Crippen molar-refractivity contribution in [3.63, 3.8) is 0 Å². The number of hydrogen-bond acceptors (Lipinski definition) is 2. The summed E-state index contributed by atoms with van der Waals surface area (Å²) in [6, 6.07) is 14.0. The summed E-state index contributed by atoms with van der Waals surface area (Å²) < 4.78 is 13.3. The van der Waals surface area contributed by atoms with E-state index in [2.05, 4.69) is 43.2 Å². The van der Waals surface area contributed by atoms with Gasteiger partial charge in [-0.1, -0.05) is 57.2 Å². The maximum absolute atomic E-state index is 13.3. The summed E-state index contributed by atoms with van der Waals surface area (Å²) in [5.74, 6) is -0.272. The molecule has 0 saturated heterocycles. The molecule has 4 heteroatoms. The normalized spacial score (nSPS) is 16.2. The molecule has 0 unspecified atom stereocenters. The summed E-state index contributed by atoms with van der Waals surface area (Å²) in [6.07, 6.45) is 1.73. The van der Waals surface area contributed by atoms with Gasteiger partial charge in [-0.05, 0) is 34.8 Å². The van der Waals surface area contributed by atoms with Gasteiger partial charge in [-0.15, -0.1) is 0 Å². The van der Waals surface area contributed by atoms with E-state index in [4.69, 9.17) is 0 Å². The number of rotatable bonds is 2. The first-order chi connectivity index (χ1) is 11.3. The van der Waals surface area contributed by atoms with Gasteiger partial charge in [0, 0.05) is 5.56 Å². The van der Waals surface area contributed by atoms with Crippen molar-refractivity contribution >= 4 is 17.8 Å². The first kappa shape index (κ1) is 16.1. The minimum atomic E-state index is -0.361. The number of amidine groups is 1. The summed E-state index contributed by atoms with van der Waals surface area (Å²) in [5, 5.41) is 2.68. The fourth-order valence-corrected chi connectivity index (χ4v) is 2.48. The molecule has 3 rings (SSSR count). The zero-order valence-corrected chi connectivity index (χ0v) is 13.9. The third-order valence-electron chi connectivity index (χ3n) is 3.87. The van der Waals surface area contributed by atoms with Crippen molar-refractivity contribution in [1.82, 2.24) is 5.32 Å². The van der Waals surface area contributed by atoms with Crippen molar-refractivity contribution in [2.24, 2.45) is 4.99 Å². The highest BCUT2D eigenvalue weighted by molar-refractivity contribution is 6.19. The second-order valence-electron chi connectivity index (χ2n) is 6.83. The summed E-state index contributed by atoms with van der Waals surface area (Å²) in [6.45, 7) is 6.46. The van der Waals surface area contributed by atoms with Gasteiger partial charge in [-0.2, -0.15) is 0 Å². The zero-order chi connectivity index (χ0) is 17.3. The summed E-state index contributed by atoms with van der Waals surface area (Å²) >= 11 is 0. The van der Waals surface area contributed by atoms with Crippen LogP contribution in [0.25, 0.3) is 6.08 Å². The molecule has 1 aliphatic heterocycles. The largest absolute Gasteiger partial charge is 0.305 e. The predicted molar refractivity (Wildman–Crippen MR) is 94.2 cm³/mol. The van der Waals surface area contributed by atoms with Gasteiger partial charge in [0.25, 0.3) is 5.91 Å². The number of benzene rings is 2. The Bertz CT molecular complexity index is 843. The fourth-order valence-electron chi connectivity index (χ4n) is 2.48. The summed E-state index contributed by atoms with van der Waals surface area (Å²) in [7, 11) is 0. The van der Waals surface area contributed by atoms with Gasteiger partial charge in [0.05, 0.1) is 0 Å². The van der Waals surface area contributed by atoms with Crippen LogP contribution < -0.4 is 5.32 Å². The molecular weight excluding hydrogens is 303 g/mol. The quantitative estimate of drug-likeness (QED) is 0.833. The van der Waals surface area contributed by atoms with E-state index in [9.17, 15) is 9.18 Å². The molecule has 0 atom stereocenters. The Morgan fingerprint density at radius 3 is 2.42 bits per heavy atom. The Balaban J connectivity index is 1.88. The molecule has 2 aromatic rings. The number of nitrogens with one attached hydrogen (secondary N) is 1. The SMILES string of the molecule is CC(C)(C)c1ccc(/C=C2/N=C(c3cccc(F)c3)NC2=O)cc1. The first-order valence-electron chi connectivity index (χ1n) is 7.81. The molecule has 3 nitrogen and oxygen atoms in total. The van der Waals surface area contributed by atoms with Crippen molar-refractivity contribution in [1.29, 1.82) is 0 Å². The van der Waals surface area contributed by atoms with E-state index in [0.29, 0.717) is 17.1 Å². The average Bonchev–Trinajstić information content (AvgIpc) is 2.88. The molecule has 0 radical (unpaired) electrons. The molecule has 1 aliphatic rings. The van der Waals surface area contributed by atoms with Gasteiger partial charge in [-0.25, -0.2) is 9.38 Å². The van der Waals surface area contributed by atoms with E-state index in [-0.39, 0.29) is 17.1 Å². The maximum atomic E-state index is 13.3. The van der Waals surface area contributed by atoms with Crippen LogP contribution in [0.15, 0.2) is 59.2 Å². The lowest BCUT2D eigenvalue weighted by molar-refractivity contribution is -0.115. The Morgan fingerprint density at radius 1 is 1.08 bits per heavy atom. The van der Waals surface area contributed by atoms with Crippen LogP contribution in [0.3, 0.4) is 0 Å². The minimum absolute atomic E-state index is 0.0825. The van der Waals surface area contributed by atoms with Crippen molar-refractivity contribution in [2.75, 3.05) is 0 Å². The van der Waals surface area contributed by atoms with E-state index in [1.54, 1.807) is 18.2 Å². The van der Waals surface area contributed by atoms with E-state index in [0.717, 1.165) is 5.56 Å². The monoisotopic (exact) mass is 322 g/mol. The maximum Gasteiger partial charge on any atom is 0.275 e. The smallest absolute Gasteiger partial charge is 0.275 e. The van der Waals surface area contributed by atoms with Crippen LogP contribution in [0.2, 0.25) is 0 Å². The Morgan fingerprint density at radius 2 is 1.79 bits per heavy atom. The van der Waals surface area contributed by atoms with Crippen LogP contribution in [0.1, 0.15) is 37.5 Å². The second kappa shape index (κ2) is 6.04. The lowest BCUT2D eigenvalue weighted by atomic mass is 9.87. The fraction of sp³-hybridized carbons (Fsp3) is 0.200. The van der Waals surface area contributed by atoms with Crippen molar-refractivity contribution < 1.29 is 9.18 Å². The van der Waals surface area contributed by atoms with Crippen LogP contribution in [0.5, 0.6) is 0 Å². The highest BCUT2D eigenvalue weighted by Crippen LogP contribution is 2.23. The molecule has 2 aromatic carbocycles. The van der Waals surface area contributed by atoms with Crippen LogP contribution >= 0.6 is 0 Å². The van der Waals surface area contributed by atoms with Crippen molar-refractivity contribution in [3.8, 4) is 0 Å². The predicted octanol–water partition coefficient (Wildman–Crippen LogP) is 4.04. The van der Waals surface area contributed by atoms with Gasteiger partial charge in [-0.3, -0.25) is 4.79 Å². The Labute approximate surface area is 140 Å². The highest BCUT2D eigenvalue weighted by Gasteiger charge is 2.21. The number of amides is 1. The molecule has 24 heavy (non-hydrogen) atoms. The standard InChI is InChI=1S/C20H19FN2O/c1-20(2,3)15-9-7-13(8-10-15)11-17-19(24)23-18(22-17)14-5-4-6-16(21)12-14/h4-12H,1-3H3,(H,22,23,24)/b17-11+. The van der Waals surface area contributed by atoms with E-state index >= 15 is 0 Å². The van der Waals surface area contributed by atoms with Gasteiger partial charge < -0.3 is 5.32 Å². The van der Waals surface area contributed by atoms with Crippen molar-refractivity contribution in [3.05, 3.63) is 76.7 Å². The zero-order valence-electron chi connectivity index (χ0n) is 13.9. The third kappa shape index (κ3) is 3.43. The summed E-state index contributed by atoms with van der Waals surface area (Å²) in [5.41, 5.74) is 3.08. The van der Waals surface area contributed by atoms with E-state index in [1.807, 2.05) is 12.1 Å². The van der Waals surface area contributed by atoms with E-state index in [1.165, 1.54) is 17.7 Å². The number of carbonyl (C=O) groups excluding carboxylic acids is 1. The topological polar surface area (TPSA) is 41.5 Å². The summed E-state index contributed by atoms with van der Waals surface area (Å²) in [4.78, 5) is 16.4. The van der Waals surface area contributed by atoms with E-state index < -0.39 is 0 Å². The number of hydrogen-bond donors (Lipinski definition) is 1. The van der Waals surface area contributed by atoms with Crippen LogP contribution in [0.4, 0.5) is 4.39 Å². The molecule has 0 spiro atoms. The molecule has 1 heterocycles. The Hall–Kier alpha value is -2.75. The Kier molecular flexibility index (Phi) is 4.06. The molecular formula is C20H19FN2O. The third-order valence-corrected chi connectivity index (χ3v) is 3.87. The number of halogens is 1. The molecule has 0 bridgehead atoms. The molecule has 1 amide bonds. The average molecular weight is 322 g/mol. The van der Waals surface area contributed by atoms with Crippen LogP contribution in [-0.2, 0) is 10.2 Å². The first-order valence-corrected chi connectivity index (χ1v) is 7.81. The second-order valence-corrected chi connectivity index (χ2v) is 6.83. The lowest BCUT2D eigenvalue weighted by Gasteiger charge is -2.18. The van der Waals surface area contributed by atoms with Gasteiger partial charge >= 0.3 is 0 Å². The molecule has 0 saturated carbocycles. The van der Waals surface area contributed by atoms with Gasteiger partial charge in [0.15, 0.2) is 0 Å². The van der Waals surface area contributed by atoms with Crippen LogP contribution in [0, 0.1) is 5.82 Å². The molecule has 1 N–H and O–H groups in total. The molecule has 0 aromatic heterocycles.